The lowest BCUT2D eigenvalue weighted by Gasteiger charge is -2.33. The first kappa shape index (κ1) is 16.3. The lowest BCUT2D eigenvalue weighted by atomic mass is 10.0. The molecule has 0 bridgehead atoms. The SMILES string of the molecule is CC(C)CN1CCCC(n2sc3cc(Cl)c(Cl)cc3c2=O)C1. The summed E-state index contributed by atoms with van der Waals surface area (Å²) in [5.74, 6) is 0.649. The average molecular weight is 359 g/mol. The normalized spacial score (nSPS) is 20.1. The van der Waals surface area contributed by atoms with E-state index in [4.69, 9.17) is 23.2 Å². The molecule has 120 valence electrons. The number of aromatic nitrogens is 1. The van der Waals surface area contributed by atoms with E-state index in [2.05, 4.69) is 18.7 Å². The van der Waals surface area contributed by atoms with Crippen molar-refractivity contribution in [1.82, 2.24) is 8.86 Å². The highest BCUT2D eigenvalue weighted by molar-refractivity contribution is 7.14. The van der Waals surface area contributed by atoms with Gasteiger partial charge in [-0.2, -0.15) is 0 Å². The number of halogens is 2. The fourth-order valence-electron chi connectivity index (χ4n) is 3.18. The summed E-state index contributed by atoms with van der Waals surface area (Å²) in [6, 6.07) is 3.76. The first-order valence-corrected chi connectivity index (χ1v) is 9.21. The number of benzene rings is 1. The molecular weight excluding hydrogens is 339 g/mol. The summed E-state index contributed by atoms with van der Waals surface area (Å²) < 4.78 is 2.84. The van der Waals surface area contributed by atoms with Crippen LogP contribution < -0.4 is 5.56 Å². The Morgan fingerprint density at radius 1 is 1.32 bits per heavy atom. The summed E-state index contributed by atoms with van der Waals surface area (Å²) >= 11 is 13.6. The van der Waals surface area contributed by atoms with Crippen molar-refractivity contribution in [2.45, 2.75) is 32.7 Å². The van der Waals surface area contributed by atoms with Crippen LogP contribution in [0, 0.1) is 5.92 Å². The third-order valence-electron chi connectivity index (χ3n) is 4.09. The van der Waals surface area contributed by atoms with E-state index in [-0.39, 0.29) is 11.6 Å². The Labute approximate surface area is 144 Å². The van der Waals surface area contributed by atoms with Crippen LogP contribution in [0.2, 0.25) is 10.0 Å². The predicted octanol–water partition coefficient (Wildman–Crippen LogP) is 4.66. The van der Waals surface area contributed by atoms with Gasteiger partial charge in [-0.05, 0) is 37.4 Å². The van der Waals surface area contributed by atoms with Gasteiger partial charge in [0.05, 0.1) is 26.2 Å². The second-order valence-electron chi connectivity index (χ2n) is 6.43. The number of hydrogen-bond donors (Lipinski definition) is 0. The van der Waals surface area contributed by atoms with Crippen molar-refractivity contribution in [3.05, 3.63) is 32.5 Å². The zero-order chi connectivity index (χ0) is 15.9. The second kappa shape index (κ2) is 6.52. The van der Waals surface area contributed by atoms with Crippen molar-refractivity contribution < 1.29 is 0 Å². The number of rotatable bonds is 3. The summed E-state index contributed by atoms with van der Waals surface area (Å²) in [6.45, 7) is 7.64. The number of likely N-dealkylation sites (tertiary alicyclic amines) is 1. The maximum Gasteiger partial charge on any atom is 0.268 e. The maximum atomic E-state index is 12.7. The summed E-state index contributed by atoms with van der Waals surface area (Å²) in [5, 5.41) is 1.63. The molecule has 22 heavy (non-hydrogen) atoms. The highest BCUT2D eigenvalue weighted by Crippen LogP contribution is 2.31. The standard InChI is InChI=1S/C16H20Cl2N2OS/c1-10(2)8-19-5-3-4-11(9-19)20-16(21)12-6-13(17)14(18)7-15(12)22-20/h6-7,10-11H,3-5,8-9H2,1-2H3. The van der Waals surface area contributed by atoms with Gasteiger partial charge in [-0.15, -0.1) is 0 Å². The Hall–Kier alpha value is -0.550. The van der Waals surface area contributed by atoms with Crippen molar-refractivity contribution in [2.75, 3.05) is 19.6 Å². The van der Waals surface area contributed by atoms with Gasteiger partial charge >= 0.3 is 0 Å². The minimum atomic E-state index is 0.0648. The molecule has 2 aromatic rings. The van der Waals surface area contributed by atoms with E-state index >= 15 is 0 Å². The third-order valence-corrected chi connectivity index (χ3v) is 6.00. The van der Waals surface area contributed by atoms with E-state index in [9.17, 15) is 4.79 Å². The van der Waals surface area contributed by atoms with E-state index < -0.39 is 0 Å². The monoisotopic (exact) mass is 358 g/mol. The molecule has 0 spiro atoms. The van der Waals surface area contributed by atoms with Crippen molar-refractivity contribution in [1.29, 1.82) is 0 Å². The molecule has 0 radical (unpaired) electrons. The fourth-order valence-corrected chi connectivity index (χ4v) is 4.70. The van der Waals surface area contributed by atoms with Crippen molar-refractivity contribution >= 4 is 44.8 Å². The molecule has 1 fully saturated rings. The minimum absolute atomic E-state index is 0.0648. The summed E-state index contributed by atoms with van der Waals surface area (Å²) in [6.07, 6.45) is 2.20. The Morgan fingerprint density at radius 3 is 2.77 bits per heavy atom. The van der Waals surface area contributed by atoms with Crippen LogP contribution in [0.5, 0.6) is 0 Å². The smallest absolute Gasteiger partial charge is 0.268 e. The van der Waals surface area contributed by atoms with E-state index in [0.717, 1.165) is 37.2 Å². The van der Waals surface area contributed by atoms with Gasteiger partial charge in [0.1, 0.15) is 0 Å². The zero-order valence-corrected chi connectivity index (χ0v) is 15.1. The molecule has 0 aliphatic carbocycles. The molecular formula is C16H20Cl2N2OS. The van der Waals surface area contributed by atoms with Crippen LogP contribution in [-0.4, -0.2) is 28.5 Å². The largest absolute Gasteiger partial charge is 0.301 e. The van der Waals surface area contributed by atoms with Gasteiger partial charge in [-0.25, -0.2) is 0 Å². The predicted molar refractivity (Wildman–Crippen MR) is 95.7 cm³/mol. The lowest BCUT2D eigenvalue weighted by Crippen LogP contribution is -2.40. The summed E-state index contributed by atoms with van der Waals surface area (Å²) in [7, 11) is 0. The first-order chi connectivity index (χ1) is 10.5. The third kappa shape index (κ3) is 3.21. The van der Waals surface area contributed by atoms with Gasteiger partial charge in [-0.1, -0.05) is 48.6 Å². The van der Waals surface area contributed by atoms with Crippen LogP contribution in [0.1, 0.15) is 32.7 Å². The maximum absolute atomic E-state index is 12.7. The average Bonchev–Trinajstić information content (AvgIpc) is 2.76. The highest BCUT2D eigenvalue weighted by Gasteiger charge is 2.24. The Kier molecular flexibility index (Phi) is 4.83. The van der Waals surface area contributed by atoms with Crippen LogP contribution >= 0.6 is 34.7 Å². The molecule has 1 atom stereocenters. The van der Waals surface area contributed by atoms with Gasteiger partial charge in [0.25, 0.3) is 5.56 Å². The highest BCUT2D eigenvalue weighted by atomic mass is 35.5. The zero-order valence-electron chi connectivity index (χ0n) is 12.8. The van der Waals surface area contributed by atoms with Crippen LogP contribution in [0.3, 0.4) is 0 Å². The van der Waals surface area contributed by atoms with E-state index in [0.29, 0.717) is 21.3 Å². The molecule has 0 saturated carbocycles. The number of piperidine rings is 1. The molecule has 0 N–H and O–H groups in total. The quantitative estimate of drug-likeness (QED) is 0.796. The van der Waals surface area contributed by atoms with Crippen molar-refractivity contribution in [3.8, 4) is 0 Å². The molecule has 1 saturated heterocycles. The topological polar surface area (TPSA) is 25.2 Å². The second-order valence-corrected chi connectivity index (χ2v) is 8.26. The summed E-state index contributed by atoms with van der Waals surface area (Å²) in [5.41, 5.74) is 0.0648. The number of hydrogen-bond acceptors (Lipinski definition) is 3. The van der Waals surface area contributed by atoms with Crippen LogP contribution in [-0.2, 0) is 0 Å². The Balaban J connectivity index is 1.93. The van der Waals surface area contributed by atoms with Crippen LogP contribution in [0.4, 0.5) is 0 Å². The van der Waals surface area contributed by atoms with Gasteiger partial charge in [-0.3, -0.25) is 8.75 Å². The Bertz CT molecular complexity index is 738. The molecule has 6 heteroatoms. The van der Waals surface area contributed by atoms with Crippen molar-refractivity contribution in [3.63, 3.8) is 0 Å². The Morgan fingerprint density at radius 2 is 2.05 bits per heavy atom. The lowest BCUT2D eigenvalue weighted by molar-refractivity contribution is 0.165. The molecule has 3 nitrogen and oxygen atoms in total. The molecule has 2 heterocycles. The minimum Gasteiger partial charge on any atom is -0.301 e. The van der Waals surface area contributed by atoms with Gasteiger partial charge in [0.15, 0.2) is 0 Å². The molecule has 1 aromatic carbocycles. The van der Waals surface area contributed by atoms with E-state index in [1.54, 1.807) is 12.1 Å². The molecule has 1 aliphatic rings. The molecule has 1 aliphatic heterocycles. The van der Waals surface area contributed by atoms with Crippen molar-refractivity contribution in [2.24, 2.45) is 5.92 Å². The molecule has 3 rings (SSSR count). The van der Waals surface area contributed by atoms with Gasteiger partial charge in [0.2, 0.25) is 0 Å². The van der Waals surface area contributed by atoms with Gasteiger partial charge in [0, 0.05) is 13.1 Å². The molecule has 1 aromatic heterocycles. The molecule has 1 unspecified atom stereocenters. The number of fused-ring (bicyclic) bond motifs is 1. The van der Waals surface area contributed by atoms with Crippen LogP contribution in [0.25, 0.3) is 10.1 Å². The molecule has 0 amide bonds. The summed E-state index contributed by atoms with van der Waals surface area (Å²) in [4.78, 5) is 15.1. The van der Waals surface area contributed by atoms with Gasteiger partial charge < -0.3 is 4.90 Å². The van der Waals surface area contributed by atoms with E-state index in [1.807, 2.05) is 3.96 Å². The van der Waals surface area contributed by atoms with Crippen LogP contribution in [0.15, 0.2) is 16.9 Å². The van der Waals surface area contributed by atoms with E-state index in [1.165, 1.54) is 11.5 Å². The fraction of sp³-hybridized carbons (Fsp3) is 0.562. The number of nitrogens with zero attached hydrogens (tertiary/aromatic N) is 2. The first-order valence-electron chi connectivity index (χ1n) is 7.68.